The van der Waals surface area contributed by atoms with Gasteiger partial charge in [0, 0.05) is 19.3 Å². The Bertz CT molecular complexity index is 508. The molecule has 3 rings (SSSR count). The number of fused-ring (bicyclic) bond motifs is 1. The first-order valence-electron chi connectivity index (χ1n) is 5.21. The number of ether oxygens (including phenoxy) is 1. The Hall–Kier alpha value is -0.840. The van der Waals surface area contributed by atoms with Crippen molar-refractivity contribution in [3.63, 3.8) is 0 Å². The van der Waals surface area contributed by atoms with E-state index in [0.29, 0.717) is 0 Å². The summed E-state index contributed by atoms with van der Waals surface area (Å²) < 4.78 is 6.41. The van der Waals surface area contributed by atoms with Crippen LogP contribution in [-0.2, 0) is 4.74 Å². The molecule has 1 saturated heterocycles. The zero-order valence-corrected chi connectivity index (χ0v) is 10.2. The van der Waals surface area contributed by atoms with Crippen molar-refractivity contribution in [1.29, 1.82) is 0 Å². The van der Waals surface area contributed by atoms with Crippen LogP contribution < -0.4 is 4.90 Å². The number of morpholine rings is 1. The van der Waals surface area contributed by atoms with Crippen LogP contribution in [0.2, 0.25) is 5.02 Å². The molecule has 0 saturated carbocycles. The van der Waals surface area contributed by atoms with Gasteiger partial charge in [-0.05, 0) is 12.1 Å². The van der Waals surface area contributed by atoms with Crippen LogP contribution in [0.3, 0.4) is 0 Å². The monoisotopic (exact) mass is 254 g/mol. The van der Waals surface area contributed by atoms with Gasteiger partial charge in [0.05, 0.1) is 33.5 Å². The zero-order valence-electron chi connectivity index (χ0n) is 8.65. The predicted molar refractivity (Wildman–Crippen MR) is 67.7 cm³/mol. The van der Waals surface area contributed by atoms with Gasteiger partial charge in [-0.25, -0.2) is 0 Å². The van der Waals surface area contributed by atoms with Crippen molar-refractivity contribution in [1.82, 2.24) is 4.98 Å². The first kappa shape index (κ1) is 10.3. The van der Waals surface area contributed by atoms with Gasteiger partial charge in [-0.1, -0.05) is 11.6 Å². The molecule has 1 aliphatic rings. The fourth-order valence-corrected chi connectivity index (χ4v) is 3.18. The minimum absolute atomic E-state index is 0.787. The molecule has 84 valence electrons. The van der Waals surface area contributed by atoms with E-state index < -0.39 is 0 Å². The van der Waals surface area contributed by atoms with Crippen LogP contribution in [0, 0.1) is 0 Å². The van der Waals surface area contributed by atoms with Crippen LogP contribution in [0.4, 0.5) is 5.00 Å². The maximum absolute atomic E-state index is 6.14. The van der Waals surface area contributed by atoms with Gasteiger partial charge in [0.15, 0.2) is 0 Å². The Morgan fingerprint density at radius 2 is 2.19 bits per heavy atom. The van der Waals surface area contributed by atoms with Gasteiger partial charge >= 0.3 is 0 Å². The van der Waals surface area contributed by atoms with Gasteiger partial charge in [-0.15, -0.1) is 11.3 Å². The Labute approximate surface area is 103 Å². The molecule has 0 spiro atoms. The number of rotatable bonds is 1. The van der Waals surface area contributed by atoms with Crippen LogP contribution >= 0.6 is 22.9 Å². The first-order valence-corrected chi connectivity index (χ1v) is 6.41. The third kappa shape index (κ3) is 1.77. The van der Waals surface area contributed by atoms with Crippen molar-refractivity contribution in [3.8, 4) is 0 Å². The first-order chi connectivity index (χ1) is 7.84. The average molecular weight is 255 g/mol. The van der Waals surface area contributed by atoms with Crippen molar-refractivity contribution >= 4 is 38.2 Å². The number of nitrogens with zero attached hydrogens (tertiary/aromatic N) is 2. The van der Waals surface area contributed by atoms with Crippen molar-refractivity contribution < 1.29 is 4.74 Å². The molecule has 2 aromatic heterocycles. The van der Waals surface area contributed by atoms with Crippen LogP contribution in [0.25, 0.3) is 10.2 Å². The summed E-state index contributed by atoms with van der Waals surface area (Å²) in [6.45, 7) is 3.50. The number of anilines is 1. The largest absolute Gasteiger partial charge is 0.378 e. The van der Waals surface area contributed by atoms with E-state index in [0.717, 1.165) is 41.5 Å². The van der Waals surface area contributed by atoms with Gasteiger partial charge in [0.2, 0.25) is 0 Å². The Kier molecular flexibility index (Phi) is 2.71. The van der Waals surface area contributed by atoms with Crippen LogP contribution in [0.1, 0.15) is 0 Å². The van der Waals surface area contributed by atoms with E-state index in [1.165, 1.54) is 5.00 Å². The summed E-state index contributed by atoms with van der Waals surface area (Å²) in [4.78, 5) is 6.65. The van der Waals surface area contributed by atoms with E-state index in [2.05, 4.69) is 16.0 Å². The highest BCUT2D eigenvalue weighted by Crippen LogP contribution is 2.35. The normalized spacial score (nSPS) is 16.9. The van der Waals surface area contributed by atoms with Crippen LogP contribution in [0.5, 0.6) is 0 Å². The maximum Gasteiger partial charge on any atom is 0.0939 e. The molecule has 0 aromatic carbocycles. The van der Waals surface area contributed by atoms with Gasteiger partial charge < -0.3 is 9.64 Å². The number of aromatic nitrogens is 1. The smallest absolute Gasteiger partial charge is 0.0939 e. The number of pyridine rings is 1. The minimum atomic E-state index is 0.787. The SMILES string of the molecule is Clc1ccnc2cc(N3CCOCC3)sc12. The lowest BCUT2D eigenvalue weighted by molar-refractivity contribution is 0.123. The molecule has 3 heterocycles. The average Bonchev–Trinajstić information content (AvgIpc) is 2.76. The van der Waals surface area contributed by atoms with Crippen LogP contribution in [0.15, 0.2) is 18.3 Å². The third-order valence-corrected chi connectivity index (χ3v) is 4.32. The molecule has 1 aliphatic heterocycles. The van der Waals surface area contributed by atoms with Gasteiger partial charge in [0.25, 0.3) is 0 Å². The fourth-order valence-electron chi connectivity index (χ4n) is 1.83. The summed E-state index contributed by atoms with van der Waals surface area (Å²) in [6, 6.07) is 3.95. The lowest BCUT2D eigenvalue weighted by Gasteiger charge is -2.27. The van der Waals surface area contributed by atoms with Gasteiger partial charge in [0.1, 0.15) is 0 Å². The minimum Gasteiger partial charge on any atom is -0.378 e. The lowest BCUT2D eigenvalue weighted by atomic mass is 10.4. The second-order valence-corrected chi connectivity index (χ2v) is 5.13. The molecule has 1 fully saturated rings. The number of halogens is 1. The Morgan fingerprint density at radius 3 is 2.94 bits per heavy atom. The predicted octanol–water partition coefficient (Wildman–Crippen LogP) is 2.79. The van der Waals surface area contributed by atoms with Crippen molar-refractivity contribution in [2.24, 2.45) is 0 Å². The van der Waals surface area contributed by atoms with Gasteiger partial charge in [-0.3, -0.25) is 4.98 Å². The molecular formula is C11H11ClN2OS. The molecule has 0 aliphatic carbocycles. The topological polar surface area (TPSA) is 25.4 Å². The molecule has 2 aromatic rings. The molecule has 0 bridgehead atoms. The molecule has 0 unspecified atom stereocenters. The number of hydrogen-bond donors (Lipinski definition) is 0. The summed E-state index contributed by atoms with van der Waals surface area (Å²) in [5, 5.41) is 2.02. The Balaban J connectivity index is 2.01. The molecule has 16 heavy (non-hydrogen) atoms. The zero-order chi connectivity index (χ0) is 11.0. The standard InChI is InChI=1S/C11H11ClN2OS/c12-8-1-2-13-9-7-10(16-11(8)9)14-3-5-15-6-4-14/h1-2,7H,3-6H2. The third-order valence-electron chi connectivity index (χ3n) is 2.67. The molecule has 0 amide bonds. The second-order valence-electron chi connectivity index (χ2n) is 3.69. The summed E-state index contributed by atoms with van der Waals surface area (Å²) in [5.74, 6) is 0. The van der Waals surface area contributed by atoms with E-state index in [4.69, 9.17) is 16.3 Å². The quantitative estimate of drug-likeness (QED) is 0.783. The molecule has 5 heteroatoms. The molecular weight excluding hydrogens is 244 g/mol. The van der Waals surface area contributed by atoms with E-state index in [-0.39, 0.29) is 0 Å². The number of thiophene rings is 1. The van der Waals surface area contributed by atoms with E-state index >= 15 is 0 Å². The highest BCUT2D eigenvalue weighted by molar-refractivity contribution is 7.23. The highest BCUT2D eigenvalue weighted by Gasteiger charge is 2.15. The van der Waals surface area contributed by atoms with Crippen LogP contribution in [-0.4, -0.2) is 31.3 Å². The lowest BCUT2D eigenvalue weighted by Crippen LogP contribution is -2.35. The highest BCUT2D eigenvalue weighted by atomic mass is 35.5. The summed E-state index contributed by atoms with van der Waals surface area (Å²) in [6.07, 6.45) is 1.75. The maximum atomic E-state index is 6.14. The van der Waals surface area contributed by atoms with Crippen molar-refractivity contribution in [3.05, 3.63) is 23.4 Å². The molecule has 0 atom stereocenters. The van der Waals surface area contributed by atoms with E-state index in [1.54, 1.807) is 17.5 Å². The van der Waals surface area contributed by atoms with Crippen molar-refractivity contribution in [2.75, 3.05) is 31.2 Å². The molecule has 0 radical (unpaired) electrons. The summed E-state index contributed by atoms with van der Waals surface area (Å²) in [7, 11) is 0. The molecule has 3 nitrogen and oxygen atoms in total. The van der Waals surface area contributed by atoms with E-state index in [1.807, 2.05) is 6.07 Å². The summed E-state index contributed by atoms with van der Waals surface area (Å²) in [5.41, 5.74) is 0.985. The Morgan fingerprint density at radius 1 is 1.38 bits per heavy atom. The second kappa shape index (κ2) is 4.20. The fraction of sp³-hybridized carbons (Fsp3) is 0.364. The van der Waals surface area contributed by atoms with Crippen molar-refractivity contribution in [2.45, 2.75) is 0 Å². The van der Waals surface area contributed by atoms with Gasteiger partial charge in [-0.2, -0.15) is 0 Å². The number of hydrogen-bond acceptors (Lipinski definition) is 4. The molecule has 0 N–H and O–H groups in total. The summed E-state index contributed by atoms with van der Waals surface area (Å²) >= 11 is 7.84. The van der Waals surface area contributed by atoms with E-state index in [9.17, 15) is 0 Å².